The van der Waals surface area contributed by atoms with Gasteiger partial charge in [0.15, 0.2) is 0 Å². The zero-order chi connectivity index (χ0) is 15.4. The zero-order valence-electron chi connectivity index (χ0n) is 12.0. The molecule has 1 N–H and O–H groups in total. The fraction of sp³-hybridized carbons (Fsp3) is 0.333. The minimum atomic E-state index is -0.955. The van der Waals surface area contributed by atoms with E-state index in [-0.39, 0.29) is 5.82 Å². The molecule has 1 heterocycles. The highest BCUT2D eigenvalue weighted by Crippen LogP contribution is 2.22. The van der Waals surface area contributed by atoms with Gasteiger partial charge in [0.25, 0.3) is 0 Å². The van der Waals surface area contributed by atoms with Crippen LogP contribution in [0.25, 0.3) is 0 Å². The van der Waals surface area contributed by atoms with Crippen LogP contribution in [0, 0.1) is 12.7 Å². The maximum Gasteiger partial charge on any atom is 0.325 e. The Hall–Kier alpha value is -2.21. The molecule has 0 bridgehead atoms. The average Bonchev–Trinajstić information content (AvgIpc) is 2.93. The molecule has 1 aromatic carbocycles. The smallest absolute Gasteiger partial charge is 0.325 e. The molecule has 0 radical (unpaired) electrons. The summed E-state index contributed by atoms with van der Waals surface area (Å²) in [6.07, 6.45) is 3.50. The van der Waals surface area contributed by atoms with E-state index in [9.17, 15) is 14.3 Å². The molecule has 0 aliphatic heterocycles. The number of hydrogen-bond acceptors (Lipinski definition) is 3. The van der Waals surface area contributed by atoms with Gasteiger partial charge in [0.05, 0.1) is 6.54 Å². The lowest BCUT2D eigenvalue weighted by Gasteiger charge is -2.25. The highest BCUT2D eigenvalue weighted by Gasteiger charge is 2.25. The van der Waals surface area contributed by atoms with Crippen LogP contribution < -0.4 is 0 Å². The van der Waals surface area contributed by atoms with Crippen LogP contribution in [0.15, 0.2) is 36.7 Å². The number of benzene rings is 1. The van der Waals surface area contributed by atoms with E-state index >= 15 is 0 Å². The summed E-state index contributed by atoms with van der Waals surface area (Å²) < 4.78 is 15.1. The fourth-order valence-corrected chi connectivity index (χ4v) is 2.25. The summed E-state index contributed by atoms with van der Waals surface area (Å²) in [7, 11) is 1.74. The van der Waals surface area contributed by atoms with Gasteiger partial charge in [0.1, 0.15) is 11.9 Å². The summed E-state index contributed by atoms with van der Waals surface area (Å²) in [5.74, 6) is -1.29. The highest BCUT2D eigenvalue weighted by molar-refractivity contribution is 5.75. The molecule has 21 heavy (non-hydrogen) atoms. The van der Waals surface area contributed by atoms with Crippen LogP contribution >= 0.6 is 0 Å². The van der Waals surface area contributed by atoms with Gasteiger partial charge >= 0.3 is 5.97 Å². The lowest BCUT2D eigenvalue weighted by atomic mass is 10.0. The first-order chi connectivity index (χ1) is 9.99. The summed E-state index contributed by atoms with van der Waals surface area (Å²) >= 11 is 0. The lowest BCUT2D eigenvalue weighted by molar-refractivity contribution is -0.143. The number of likely N-dealkylation sites (N-methyl/N-ethyl adjacent to an activating group) is 1. The van der Waals surface area contributed by atoms with E-state index in [0.29, 0.717) is 24.2 Å². The Bertz CT molecular complexity index is 613. The second kappa shape index (κ2) is 6.49. The van der Waals surface area contributed by atoms with E-state index < -0.39 is 12.0 Å². The Labute approximate surface area is 122 Å². The highest BCUT2D eigenvalue weighted by atomic mass is 19.1. The number of carboxylic acid groups (broad SMARTS) is 1. The predicted molar refractivity (Wildman–Crippen MR) is 76.4 cm³/mol. The number of hydrogen-bond donors (Lipinski definition) is 1. The van der Waals surface area contributed by atoms with Crippen molar-refractivity contribution in [1.82, 2.24) is 14.7 Å². The third-order valence-electron chi connectivity index (χ3n) is 3.41. The molecule has 0 amide bonds. The molecule has 0 aliphatic carbocycles. The van der Waals surface area contributed by atoms with Crippen LogP contribution in [0.1, 0.15) is 17.2 Å². The normalized spacial score (nSPS) is 12.6. The SMILES string of the molecule is Cc1cc([C@@H](C(=O)O)N(C)CCn2cccn2)ccc1F. The number of aromatic nitrogens is 2. The van der Waals surface area contributed by atoms with Crippen molar-refractivity contribution in [2.24, 2.45) is 0 Å². The van der Waals surface area contributed by atoms with Crippen LogP contribution in [-0.2, 0) is 11.3 Å². The van der Waals surface area contributed by atoms with Gasteiger partial charge in [-0.2, -0.15) is 5.10 Å². The molecule has 112 valence electrons. The molecule has 2 aromatic rings. The molecule has 1 atom stereocenters. The molecular weight excluding hydrogens is 273 g/mol. The number of halogens is 1. The molecule has 0 saturated heterocycles. The topological polar surface area (TPSA) is 58.4 Å². The predicted octanol–water partition coefficient (Wildman–Crippen LogP) is 2.09. The van der Waals surface area contributed by atoms with Crippen LogP contribution in [-0.4, -0.2) is 39.3 Å². The molecular formula is C15H18FN3O2. The number of aliphatic carboxylic acids is 1. The monoisotopic (exact) mass is 291 g/mol. The lowest BCUT2D eigenvalue weighted by Crippen LogP contribution is -2.33. The molecule has 0 unspecified atom stereocenters. The van der Waals surface area contributed by atoms with E-state index in [0.717, 1.165) is 0 Å². The first-order valence-electron chi connectivity index (χ1n) is 6.65. The molecule has 0 spiro atoms. The Balaban J connectivity index is 2.13. The zero-order valence-corrected chi connectivity index (χ0v) is 12.0. The third kappa shape index (κ3) is 3.66. The molecule has 0 fully saturated rings. The first kappa shape index (κ1) is 15.2. The summed E-state index contributed by atoms with van der Waals surface area (Å²) in [4.78, 5) is 13.3. The van der Waals surface area contributed by atoms with Crippen molar-refractivity contribution in [3.8, 4) is 0 Å². The first-order valence-corrected chi connectivity index (χ1v) is 6.65. The third-order valence-corrected chi connectivity index (χ3v) is 3.41. The molecule has 0 saturated carbocycles. The van der Waals surface area contributed by atoms with Gasteiger partial charge in [-0.15, -0.1) is 0 Å². The maximum atomic E-state index is 13.3. The van der Waals surface area contributed by atoms with Crippen molar-refractivity contribution in [3.63, 3.8) is 0 Å². The second-order valence-corrected chi connectivity index (χ2v) is 5.00. The number of carboxylic acids is 1. The summed E-state index contributed by atoms with van der Waals surface area (Å²) in [5.41, 5.74) is 1.02. The van der Waals surface area contributed by atoms with E-state index in [1.54, 1.807) is 35.8 Å². The van der Waals surface area contributed by atoms with Gasteiger partial charge in [-0.05, 0) is 37.2 Å². The quantitative estimate of drug-likeness (QED) is 0.885. The van der Waals surface area contributed by atoms with E-state index in [1.807, 2.05) is 12.3 Å². The number of rotatable bonds is 6. The van der Waals surface area contributed by atoms with Crippen molar-refractivity contribution in [2.45, 2.75) is 19.5 Å². The summed E-state index contributed by atoms with van der Waals surface area (Å²) in [6, 6.07) is 5.42. The van der Waals surface area contributed by atoms with Gasteiger partial charge in [0, 0.05) is 18.9 Å². The minimum Gasteiger partial charge on any atom is -0.480 e. The van der Waals surface area contributed by atoms with E-state index in [4.69, 9.17) is 0 Å². The Kier molecular flexibility index (Phi) is 4.70. The number of nitrogens with zero attached hydrogens (tertiary/aromatic N) is 3. The largest absolute Gasteiger partial charge is 0.480 e. The summed E-state index contributed by atoms with van der Waals surface area (Å²) in [6.45, 7) is 2.74. The molecule has 0 aliphatic rings. The molecule has 6 heteroatoms. The van der Waals surface area contributed by atoms with Crippen molar-refractivity contribution < 1.29 is 14.3 Å². The van der Waals surface area contributed by atoms with Crippen molar-refractivity contribution in [1.29, 1.82) is 0 Å². The minimum absolute atomic E-state index is 0.331. The van der Waals surface area contributed by atoms with Crippen molar-refractivity contribution >= 4 is 5.97 Å². The average molecular weight is 291 g/mol. The van der Waals surface area contributed by atoms with Gasteiger partial charge in [0.2, 0.25) is 0 Å². The Morgan fingerprint density at radius 1 is 1.52 bits per heavy atom. The van der Waals surface area contributed by atoms with Gasteiger partial charge < -0.3 is 5.11 Å². The molecule has 2 rings (SSSR count). The van der Waals surface area contributed by atoms with Crippen molar-refractivity contribution in [3.05, 3.63) is 53.6 Å². The van der Waals surface area contributed by atoms with Crippen LogP contribution in [0.4, 0.5) is 4.39 Å². The molecule has 1 aromatic heterocycles. The maximum absolute atomic E-state index is 13.3. The number of aryl methyl sites for hydroxylation is 1. The summed E-state index contributed by atoms with van der Waals surface area (Å²) in [5, 5.41) is 13.5. The molecule has 5 nitrogen and oxygen atoms in total. The van der Waals surface area contributed by atoms with Crippen LogP contribution in [0.3, 0.4) is 0 Å². The van der Waals surface area contributed by atoms with E-state index in [1.165, 1.54) is 12.1 Å². The fourth-order valence-electron chi connectivity index (χ4n) is 2.25. The number of carbonyl (C=O) groups is 1. The van der Waals surface area contributed by atoms with Gasteiger partial charge in [-0.1, -0.05) is 12.1 Å². The Morgan fingerprint density at radius 2 is 2.29 bits per heavy atom. The van der Waals surface area contributed by atoms with Gasteiger partial charge in [-0.25, -0.2) is 4.39 Å². The Morgan fingerprint density at radius 3 is 2.86 bits per heavy atom. The van der Waals surface area contributed by atoms with Crippen LogP contribution in [0.5, 0.6) is 0 Å². The van der Waals surface area contributed by atoms with Crippen molar-refractivity contribution in [2.75, 3.05) is 13.6 Å². The standard InChI is InChI=1S/C15H18FN3O2/c1-11-10-12(4-5-13(11)16)14(15(20)21)18(2)8-9-19-7-3-6-17-19/h3-7,10,14H,8-9H2,1-2H3,(H,20,21)/t14-/m0/s1. The van der Waals surface area contributed by atoms with Gasteiger partial charge in [-0.3, -0.25) is 14.4 Å². The van der Waals surface area contributed by atoms with Crippen LogP contribution in [0.2, 0.25) is 0 Å². The van der Waals surface area contributed by atoms with E-state index in [2.05, 4.69) is 5.10 Å². The second-order valence-electron chi connectivity index (χ2n) is 5.00.